The lowest BCUT2D eigenvalue weighted by atomic mass is 9.66. The van der Waals surface area contributed by atoms with Crippen molar-refractivity contribution in [1.82, 2.24) is 9.80 Å². The number of carbonyl (C=O) groups is 3. The molecule has 3 heterocycles. The molecule has 0 aliphatic carbocycles. The highest BCUT2D eigenvalue weighted by atomic mass is 16.5. The number of likely N-dealkylation sites (N-methyl/N-ethyl adjacent to an activating group) is 1. The fourth-order valence-electron chi connectivity index (χ4n) is 6.71. The topological polar surface area (TPSA) is 99.6 Å². The number of fused-ring (bicyclic) bond motifs is 1. The summed E-state index contributed by atoms with van der Waals surface area (Å²) in [7, 11) is 3.26. The van der Waals surface area contributed by atoms with E-state index in [-0.39, 0.29) is 30.9 Å². The molecule has 2 unspecified atom stereocenters. The number of anilines is 1. The van der Waals surface area contributed by atoms with Crippen molar-refractivity contribution in [3.8, 4) is 5.75 Å². The van der Waals surface area contributed by atoms with Crippen LogP contribution >= 0.6 is 0 Å². The molecule has 9 nitrogen and oxygen atoms in total. The van der Waals surface area contributed by atoms with Gasteiger partial charge in [-0.05, 0) is 50.5 Å². The fraction of sp³-hybridized carbons (Fsp3) is 0.552. The van der Waals surface area contributed by atoms with Crippen LogP contribution in [0.25, 0.3) is 0 Å². The molecule has 4 rings (SSSR count). The van der Waals surface area contributed by atoms with Crippen LogP contribution in [-0.4, -0.2) is 89.8 Å². The Bertz CT molecular complexity index is 1100. The SMILES string of the molecule is C=CCN(C)C(=O)[C@H]1[C@H]2C(=O)N([C@@H](CC)CO)C(C(=O)N(CC=C)c3ccc(OC)cc3)C23CC[C@]1(C)O3. The lowest BCUT2D eigenvalue weighted by Crippen LogP contribution is -2.59. The van der Waals surface area contributed by atoms with Crippen LogP contribution in [-0.2, 0) is 19.1 Å². The summed E-state index contributed by atoms with van der Waals surface area (Å²) < 4.78 is 12.0. The summed E-state index contributed by atoms with van der Waals surface area (Å²) in [5.74, 6) is -1.74. The zero-order chi connectivity index (χ0) is 27.8. The Kier molecular flexibility index (Phi) is 7.72. The van der Waals surface area contributed by atoms with E-state index in [9.17, 15) is 19.5 Å². The predicted molar refractivity (Wildman–Crippen MR) is 144 cm³/mol. The summed E-state index contributed by atoms with van der Waals surface area (Å²) in [6, 6.07) is 5.51. The summed E-state index contributed by atoms with van der Waals surface area (Å²) in [5, 5.41) is 10.3. The monoisotopic (exact) mass is 525 g/mol. The number of nitrogens with zero attached hydrogens (tertiary/aromatic N) is 3. The third-order valence-corrected chi connectivity index (χ3v) is 8.53. The molecule has 206 valence electrons. The van der Waals surface area contributed by atoms with Crippen molar-refractivity contribution in [3.05, 3.63) is 49.6 Å². The highest BCUT2D eigenvalue weighted by Gasteiger charge is 2.78. The minimum absolute atomic E-state index is 0.199. The largest absolute Gasteiger partial charge is 0.497 e. The maximum Gasteiger partial charge on any atom is 0.253 e. The fourth-order valence-corrected chi connectivity index (χ4v) is 6.71. The van der Waals surface area contributed by atoms with Crippen LogP contribution < -0.4 is 9.64 Å². The molecule has 3 amide bonds. The van der Waals surface area contributed by atoms with E-state index in [2.05, 4.69) is 13.2 Å². The molecule has 0 radical (unpaired) electrons. The molecule has 3 aliphatic rings. The Morgan fingerprint density at radius 2 is 1.87 bits per heavy atom. The summed E-state index contributed by atoms with van der Waals surface area (Å²) >= 11 is 0. The van der Waals surface area contributed by atoms with Gasteiger partial charge in [0.05, 0.1) is 37.2 Å². The molecule has 3 fully saturated rings. The molecule has 1 aromatic rings. The van der Waals surface area contributed by atoms with E-state index in [4.69, 9.17) is 9.47 Å². The average molecular weight is 526 g/mol. The van der Waals surface area contributed by atoms with E-state index < -0.39 is 35.1 Å². The minimum atomic E-state index is -1.17. The van der Waals surface area contributed by atoms with E-state index in [0.717, 1.165) is 0 Å². The van der Waals surface area contributed by atoms with Gasteiger partial charge in [-0.2, -0.15) is 0 Å². The van der Waals surface area contributed by atoms with E-state index in [1.165, 1.54) is 4.90 Å². The van der Waals surface area contributed by atoms with E-state index >= 15 is 0 Å². The normalized spacial score (nSPS) is 30.1. The number of rotatable bonds is 11. The Morgan fingerprint density at radius 1 is 1.21 bits per heavy atom. The third kappa shape index (κ3) is 4.12. The molecule has 1 aromatic carbocycles. The number of aliphatic hydroxyl groups excluding tert-OH is 1. The first-order valence-corrected chi connectivity index (χ1v) is 13.2. The molecule has 0 saturated carbocycles. The van der Waals surface area contributed by atoms with Gasteiger partial charge in [0, 0.05) is 25.8 Å². The maximum absolute atomic E-state index is 14.5. The van der Waals surface area contributed by atoms with Gasteiger partial charge in [0.25, 0.3) is 5.91 Å². The summed E-state index contributed by atoms with van der Waals surface area (Å²) in [6.07, 6.45) is 4.73. The molecule has 3 saturated heterocycles. The van der Waals surface area contributed by atoms with Gasteiger partial charge in [0.15, 0.2) is 0 Å². The Labute approximate surface area is 224 Å². The molecule has 1 spiro atoms. The number of benzene rings is 1. The van der Waals surface area contributed by atoms with Crippen molar-refractivity contribution in [2.75, 3.05) is 38.8 Å². The average Bonchev–Trinajstić information content (AvgIpc) is 3.48. The highest BCUT2D eigenvalue weighted by molar-refractivity contribution is 6.05. The molecular weight excluding hydrogens is 486 g/mol. The standard InChI is InChI=1S/C29H39N3O6/c1-7-16-30(5)25(34)22-23-26(35)32(19(9-3)18-33)24(29(23)15-14-28(22,4)38-29)27(36)31(17-8-2)20-10-12-21(37-6)13-11-20/h7-8,10-13,19,22-24,33H,1-2,9,14-18H2,3-6H3/t19-,22+,23-,24?,28-,29?/m0/s1. The lowest BCUT2D eigenvalue weighted by molar-refractivity contribution is -0.151. The number of hydrogen-bond acceptors (Lipinski definition) is 6. The van der Waals surface area contributed by atoms with Crippen LogP contribution in [0.1, 0.15) is 33.1 Å². The Hall–Kier alpha value is -3.17. The van der Waals surface area contributed by atoms with Gasteiger partial charge >= 0.3 is 0 Å². The predicted octanol–water partition coefficient (Wildman–Crippen LogP) is 2.39. The number of amides is 3. The Morgan fingerprint density at radius 3 is 2.42 bits per heavy atom. The van der Waals surface area contributed by atoms with Crippen molar-refractivity contribution in [2.24, 2.45) is 11.8 Å². The molecule has 1 N–H and O–H groups in total. The molecule has 9 heteroatoms. The van der Waals surface area contributed by atoms with Gasteiger partial charge in [-0.3, -0.25) is 14.4 Å². The van der Waals surface area contributed by atoms with Gasteiger partial charge in [-0.25, -0.2) is 0 Å². The second kappa shape index (κ2) is 10.5. The van der Waals surface area contributed by atoms with Crippen molar-refractivity contribution in [3.63, 3.8) is 0 Å². The number of likely N-dealkylation sites (tertiary alicyclic amines) is 1. The first-order valence-electron chi connectivity index (χ1n) is 13.2. The van der Waals surface area contributed by atoms with Crippen molar-refractivity contribution < 1.29 is 29.0 Å². The van der Waals surface area contributed by atoms with Gasteiger partial charge in [0.1, 0.15) is 17.4 Å². The third-order valence-electron chi connectivity index (χ3n) is 8.53. The van der Waals surface area contributed by atoms with E-state index in [0.29, 0.717) is 37.2 Å². The van der Waals surface area contributed by atoms with Crippen LogP contribution in [0.4, 0.5) is 5.69 Å². The molecule has 38 heavy (non-hydrogen) atoms. The lowest BCUT2D eigenvalue weighted by Gasteiger charge is -2.39. The number of methoxy groups -OCH3 is 1. The van der Waals surface area contributed by atoms with E-state index in [1.807, 2.05) is 13.8 Å². The highest BCUT2D eigenvalue weighted by Crippen LogP contribution is 2.64. The smallest absolute Gasteiger partial charge is 0.253 e. The van der Waals surface area contributed by atoms with Gasteiger partial charge in [-0.15, -0.1) is 13.2 Å². The molecule has 3 aliphatic heterocycles. The van der Waals surface area contributed by atoms with Crippen LogP contribution in [0.5, 0.6) is 5.75 Å². The number of hydrogen-bond donors (Lipinski definition) is 1. The zero-order valence-corrected chi connectivity index (χ0v) is 22.8. The van der Waals surface area contributed by atoms with Crippen molar-refractivity contribution in [2.45, 2.75) is 56.4 Å². The maximum atomic E-state index is 14.5. The van der Waals surface area contributed by atoms with Crippen molar-refractivity contribution >= 4 is 23.4 Å². The van der Waals surface area contributed by atoms with Crippen LogP contribution in [0.15, 0.2) is 49.6 Å². The Balaban J connectivity index is 1.83. The molecule has 2 bridgehead atoms. The van der Waals surface area contributed by atoms with Gasteiger partial charge in [-0.1, -0.05) is 19.1 Å². The summed E-state index contributed by atoms with van der Waals surface area (Å²) in [4.78, 5) is 47.1. The van der Waals surface area contributed by atoms with Crippen LogP contribution in [0.3, 0.4) is 0 Å². The zero-order valence-electron chi connectivity index (χ0n) is 22.8. The van der Waals surface area contributed by atoms with Gasteiger partial charge < -0.3 is 29.3 Å². The molecule has 0 aromatic heterocycles. The first kappa shape index (κ1) is 27.9. The summed E-state index contributed by atoms with van der Waals surface area (Å²) in [6.45, 7) is 11.6. The number of aliphatic hydroxyl groups is 1. The molecule has 6 atom stereocenters. The van der Waals surface area contributed by atoms with Crippen LogP contribution in [0, 0.1) is 11.8 Å². The summed E-state index contributed by atoms with van der Waals surface area (Å²) in [5.41, 5.74) is -1.42. The second-order valence-electron chi connectivity index (χ2n) is 10.7. The quantitative estimate of drug-likeness (QED) is 0.446. The van der Waals surface area contributed by atoms with Crippen molar-refractivity contribution in [1.29, 1.82) is 0 Å². The minimum Gasteiger partial charge on any atom is -0.497 e. The van der Waals surface area contributed by atoms with Crippen LogP contribution in [0.2, 0.25) is 0 Å². The van der Waals surface area contributed by atoms with Gasteiger partial charge in [0.2, 0.25) is 11.8 Å². The first-order chi connectivity index (χ1) is 18.1. The van der Waals surface area contributed by atoms with E-state index in [1.54, 1.807) is 60.4 Å². The molecular formula is C29H39N3O6. The second-order valence-corrected chi connectivity index (χ2v) is 10.7. The number of carbonyl (C=O) groups excluding carboxylic acids is 3. The number of ether oxygens (including phenoxy) is 2.